The summed E-state index contributed by atoms with van der Waals surface area (Å²) in [6.07, 6.45) is 6.83. The number of pyridine rings is 1. The molecule has 7 fully saturated rings. The number of fused-ring (bicyclic) bond motifs is 1. The van der Waals surface area contributed by atoms with Gasteiger partial charge in [0.2, 0.25) is 49.6 Å². The van der Waals surface area contributed by atoms with Crippen LogP contribution in [0, 0.1) is 28.1 Å². The molecule has 1 aromatic carbocycles. The van der Waals surface area contributed by atoms with E-state index in [0.717, 1.165) is 16.0 Å². The zero-order chi connectivity index (χ0) is 86.2. The van der Waals surface area contributed by atoms with E-state index in [1.54, 1.807) is 166 Å². The second-order valence-electron chi connectivity index (χ2n) is 36.8. The molecule has 0 bridgehead atoms. The molecule has 10 rings (SSSR count). The molecule has 13 atom stereocenters. The summed E-state index contributed by atoms with van der Waals surface area (Å²) < 4.78 is 78.6. The number of carbonyl (C=O) groups is 11. The average molecular weight is 1650 g/mol. The summed E-state index contributed by atoms with van der Waals surface area (Å²) in [6, 6.07) is 0.797. The quantitative estimate of drug-likeness (QED) is 0.0472. The molecule has 3 aromatic rings. The molecule has 0 radical (unpaired) electrons. The molecular weight excluding hydrogens is 1540 g/mol. The molecule has 636 valence electrons. The van der Waals surface area contributed by atoms with Crippen molar-refractivity contribution in [3.8, 4) is 11.4 Å². The van der Waals surface area contributed by atoms with Gasteiger partial charge in [0.15, 0.2) is 0 Å². The monoisotopic (exact) mass is 1650 g/mol. The van der Waals surface area contributed by atoms with Crippen molar-refractivity contribution in [3.63, 3.8) is 0 Å². The van der Waals surface area contributed by atoms with E-state index in [1.165, 1.54) is 22.0 Å². The molecule has 7 aliphatic rings. The number of hydrogen-bond donors (Lipinski definition) is 10. The summed E-state index contributed by atoms with van der Waals surface area (Å²) in [5, 5.41) is 47.2. The van der Waals surface area contributed by atoms with E-state index in [9.17, 15) is 84.9 Å². The zero-order valence-electron chi connectivity index (χ0n) is 68.8. The number of rotatable bonds is 22. The minimum absolute atomic E-state index is 0.0193. The molecule has 115 heavy (non-hydrogen) atoms. The lowest BCUT2D eigenvalue weighted by Crippen LogP contribution is -2.60. The lowest BCUT2D eigenvalue weighted by Gasteiger charge is -2.36. The van der Waals surface area contributed by atoms with E-state index < -0.39 is 207 Å². The molecular formula is C78H115N13O22S2. The van der Waals surface area contributed by atoms with Gasteiger partial charge in [0.05, 0.1) is 34.9 Å². The summed E-state index contributed by atoms with van der Waals surface area (Å²) in [5.41, 5.74) is -6.96. The number of aliphatic hydroxyl groups excluding tert-OH is 2. The van der Waals surface area contributed by atoms with Gasteiger partial charge in [-0.15, -0.1) is 13.2 Å². The third kappa shape index (κ3) is 23.2. The van der Waals surface area contributed by atoms with Crippen molar-refractivity contribution in [2.24, 2.45) is 28.1 Å². The van der Waals surface area contributed by atoms with E-state index in [1.807, 2.05) is 12.1 Å². The highest BCUT2D eigenvalue weighted by atomic mass is 32.2. The zero-order valence-corrected chi connectivity index (χ0v) is 70.4. The minimum atomic E-state index is -3.91. The number of aliphatic hydroxyl groups is 2. The van der Waals surface area contributed by atoms with Crippen LogP contribution in [0.5, 0.6) is 5.75 Å². The number of aromatic nitrogens is 3. The molecule has 10 amide bonds. The van der Waals surface area contributed by atoms with Gasteiger partial charge >= 0.3 is 24.2 Å². The third-order valence-corrected chi connectivity index (χ3v) is 23.8. The van der Waals surface area contributed by atoms with Gasteiger partial charge < -0.3 is 75.6 Å². The Balaban J connectivity index is 0.000000233. The number of hydrogen-bond acceptors (Lipinski definition) is 23. The first-order valence-corrected chi connectivity index (χ1v) is 41.5. The summed E-state index contributed by atoms with van der Waals surface area (Å²) in [5.74, 6) is -6.51. The number of β-amino-alcohol motifs (C(OH)–C–C–N with tert-alkyl or cyclic N) is 2. The number of ether oxygens (including phenoxy) is 4. The van der Waals surface area contributed by atoms with Crippen LogP contribution in [-0.2, 0) is 72.6 Å². The van der Waals surface area contributed by atoms with Gasteiger partial charge in [0, 0.05) is 80.4 Å². The Morgan fingerprint density at radius 2 is 0.930 bits per heavy atom. The fourth-order valence-corrected chi connectivity index (χ4v) is 16.4. The van der Waals surface area contributed by atoms with Crippen LogP contribution >= 0.6 is 0 Å². The van der Waals surface area contributed by atoms with Crippen molar-refractivity contribution in [3.05, 3.63) is 74.4 Å². The molecule has 35 nitrogen and oxygen atoms in total. The second-order valence-corrected chi connectivity index (χ2v) is 40.7. The largest absolute Gasteiger partial charge is 0.488 e. The first-order chi connectivity index (χ1) is 52.8. The number of carboxylic acids is 1. The van der Waals surface area contributed by atoms with E-state index >= 15 is 0 Å². The van der Waals surface area contributed by atoms with Crippen LogP contribution in [0.25, 0.3) is 16.5 Å². The van der Waals surface area contributed by atoms with E-state index in [0.29, 0.717) is 36.8 Å². The van der Waals surface area contributed by atoms with Crippen LogP contribution < -0.4 is 40.8 Å². The van der Waals surface area contributed by atoms with Crippen LogP contribution in [-0.4, -0.2) is 240 Å². The van der Waals surface area contributed by atoms with Gasteiger partial charge in [-0.3, -0.25) is 48.0 Å². The highest BCUT2D eigenvalue weighted by Crippen LogP contribution is 2.47. The number of amides is 10. The standard InChI is InChI=1S/C37H47N7O8S.C25H40N4O8S.C16H28N2O6/c1-8-23-19-37(23,33(47)42-53(49,50)26-10-11-26)41-31(45)28-18-25(21-43(28)32(46)30(35(2,3)4)40-34(48)52-36(5,6)7)51-29-17-24(44-15-9-13-39-44)16-22-12-14-38-20-27(22)29;1-8-14-12-25(14,21(33)28-38(35,36)16-9-10-16)27-19(31)17-11-15(30)13-29(17)20(32)18(23(2,3)4)26-22(34)37-24(5,6)7;1-15(2,3)11(17-14(23)24-16(4,5)6)12(20)18-8-9(19)7-10(18)13(21)22/h8-9,12-17,20,23,25-26,28,30H,1,10-11,18-19,21H2,2-7H3,(H,40,48)(H,41,45)(H,42,47);8,14-18,30H,1,9-13H2,2-7H3,(H,26,34)(H,27,31)(H,28,33);9-11,19H,7-8H2,1-6H3,(H,17,23)(H,21,22)/t23-,25-,28+,30-,37-;14-,15-,17?,18-,25-;9-,10+,11-/m111/s1. The Labute approximate surface area is 671 Å². The van der Waals surface area contributed by atoms with Crippen LogP contribution in [0.3, 0.4) is 0 Å². The Morgan fingerprint density at radius 3 is 1.28 bits per heavy atom. The fourth-order valence-electron chi connectivity index (χ4n) is 13.7. The maximum atomic E-state index is 14.6. The maximum Gasteiger partial charge on any atom is 0.408 e. The van der Waals surface area contributed by atoms with Crippen molar-refractivity contribution in [2.75, 3.05) is 19.6 Å². The number of nitrogens with one attached hydrogen (secondary N) is 7. The molecule has 2 aromatic heterocycles. The Morgan fingerprint density at radius 1 is 0.548 bits per heavy atom. The minimum Gasteiger partial charge on any atom is -0.488 e. The van der Waals surface area contributed by atoms with Gasteiger partial charge in [-0.25, -0.2) is 40.7 Å². The smallest absolute Gasteiger partial charge is 0.408 e. The topological polar surface area (TPSA) is 478 Å². The Bertz CT molecular complexity index is 4450. The molecule has 4 aliphatic carbocycles. The molecule has 5 heterocycles. The van der Waals surface area contributed by atoms with Gasteiger partial charge in [-0.05, 0) is 141 Å². The lowest BCUT2D eigenvalue weighted by molar-refractivity contribution is -0.150. The van der Waals surface area contributed by atoms with Gasteiger partial charge in [0.25, 0.3) is 11.8 Å². The number of carbonyl (C=O) groups excluding carboxylic acids is 10. The SMILES string of the molecule is C=C[C@@H]1C[C@]1(NC(=O)C1C[C@@H](O)CN1C(=O)[C@@H](NC(=O)OC(C)(C)C)C(C)(C)C)C(=O)NS(=O)(=O)C1CC1.C=C[C@@H]1C[C@]1(NC(=O)[C@@H]1C[C@@H](Oc2cc(-n3cccn3)cc3ccncc23)CN1C(=O)[C@@H](NC(=O)OC(C)(C)C)C(C)(C)C)C(=O)NS(=O)(=O)C1CC1.CC(C)(C)OC(=O)N[C@H](C(=O)N1C[C@H](O)C[C@H]1C(=O)O)C(C)(C)C. The predicted molar refractivity (Wildman–Crippen MR) is 420 cm³/mol. The number of aliphatic carboxylic acids is 1. The maximum absolute atomic E-state index is 14.6. The second kappa shape index (κ2) is 34.0. The summed E-state index contributed by atoms with van der Waals surface area (Å²) in [4.78, 5) is 152. The van der Waals surface area contributed by atoms with Crippen molar-refractivity contribution in [1.82, 2.24) is 65.5 Å². The van der Waals surface area contributed by atoms with Crippen molar-refractivity contribution in [2.45, 2.75) is 275 Å². The number of alkyl carbamates (subject to hydrolysis) is 3. The van der Waals surface area contributed by atoms with Crippen molar-refractivity contribution >= 4 is 96.4 Å². The summed E-state index contributed by atoms with van der Waals surface area (Å²) in [7, 11) is -7.75. The van der Waals surface area contributed by atoms with E-state index in [4.69, 9.17) is 18.9 Å². The lowest BCUT2D eigenvalue weighted by atomic mass is 9.85. The first-order valence-electron chi connectivity index (χ1n) is 38.4. The van der Waals surface area contributed by atoms with Crippen LogP contribution in [0.2, 0.25) is 0 Å². The molecule has 0 spiro atoms. The first kappa shape index (κ1) is 91.0. The van der Waals surface area contributed by atoms with Gasteiger partial charge in [0.1, 0.15) is 76.0 Å². The molecule has 10 N–H and O–H groups in total. The fraction of sp³-hybridized carbons (Fsp3) is 0.654. The Kier molecular flexibility index (Phi) is 26.9. The third-order valence-electron chi connectivity index (χ3n) is 20.1. The predicted octanol–water partition coefficient (Wildman–Crippen LogP) is 4.91. The van der Waals surface area contributed by atoms with E-state index in [2.05, 4.69) is 59.3 Å². The van der Waals surface area contributed by atoms with Crippen molar-refractivity contribution < 1.29 is 104 Å². The Hall–Kier alpha value is -9.49. The number of sulfonamides is 2. The molecule has 1 unspecified atom stereocenters. The highest BCUT2D eigenvalue weighted by molar-refractivity contribution is 7.91. The normalized spacial score (nSPS) is 24.9. The van der Waals surface area contributed by atoms with Gasteiger partial charge in [-0.1, -0.05) is 74.5 Å². The number of benzene rings is 1. The van der Waals surface area contributed by atoms with E-state index in [-0.39, 0.29) is 51.7 Å². The average Bonchev–Trinajstić information content (AvgIpc) is 1.57. The molecule has 37 heteroatoms. The highest BCUT2D eigenvalue weighted by Gasteiger charge is 2.64. The van der Waals surface area contributed by atoms with Crippen LogP contribution in [0.4, 0.5) is 14.4 Å². The number of likely N-dealkylation sites (tertiary alicyclic amines) is 3. The number of nitrogens with zero attached hydrogens (tertiary/aromatic N) is 6. The molecule has 4 saturated carbocycles. The summed E-state index contributed by atoms with van der Waals surface area (Å²) >= 11 is 0. The summed E-state index contributed by atoms with van der Waals surface area (Å²) in [6.45, 7) is 38.3. The van der Waals surface area contributed by atoms with Crippen LogP contribution in [0.15, 0.2) is 74.4 Å². The van der Waals surface area contributed by atoms with Crippen LogP contribution in [0.1, 0.15) is 182 Å². The number of carboxylic acid groups (broad SMARTS) is 1. The molecule has 3 aliphatic heterocycles. The molecule has 3 saturated heterocycles. The van der Waals surface area contributed by atoms with Gasteiger partial charge in [-0.2, -0.15) is 5.10 Å². The van der Waals surface area contributed by atoms with Crippen molar-refractivity contribution in [1.29, 1.82) is 0 Å².